The molecule has 5 heteroatoms. The van der Waals surface area contributed by atoms with Crippen molar-refractivity contribution < 1.29 is 9.53 Å². The van der Waals surface area contributed by atoms with Crippen LogP contribution in [0, 0.1) is 6.92 Å². The van der Waals surface area contributed by atoms with Crippen molar-refractivity contribution in [3.05, 3.63) is 29.8 Å². The lowest BCUT2D eigenvalue weighted by atomic mass is 10.1. The van der Waals surface area contributed by atoms with Gasteiger partial charge in [-0.1, -0.05) is 18.2 Å². The molecule has 5 nitrogen and oxygen atoms in total. The topological polar surface area (TPSA) is 44.8 Å². The molecule has 3 fully saturated rings. The van der Waals surface area contributed by atoms with Crippen LogP contribution in [0.4, 0.5) is 0 Å². The minimum absolute atomic E-state index is 0.0455. The van der Waals surface area contributed by atoms with Gasteiger partial charge in [0.05, 0.1) is 0 Å². The number of fused-ring (bicyclic) bond motifs is 3. The van der Waals surface area contributed by atoms with E-state index < -0.39 is 0 Å². The van der Waals surface area contributed by atoms with E-state index in [9.17, 15) is 4.79 Å². The van der Waals surface area contributed by atoms with Gasteiger partial charge < -0.3 is 10.1 Å². The molecule has 3 aliphatic rings. The second-order valence-corrected chi connectivity index (χ2v) is 5.85. The molecule has 1 unspecified atom stereocenters. The molecule has 2 bridgehead atoms. The van der Waals surface area contributed by atoms with Gasteiger partial charge in [0, 0.05) is 45.3 Å². The van der Waals surface area contributed by atoms with Crippen LogP contribution in [-0.4, -0.2) is 67.6 Å². The summed E-state index contributed by atoms with van der Waals surface area (Å²) < 4.78 is 5.56. The maximum Gasteiger partial charge on any atom is 0.257 e. The SMILES string of the molecule is Cc1ccccc1OCC(=O)NCC1CN2CCN1CC2. The fourth-order valence-electron chi connectivity index (χ4n) is 3.06. The first-order chi connectivity index (χ1) is 10.2. The zero-order valence-electron chi connectivity index (χ0n) is 12.5. The lowest BCUT2D eigenvalue weighted by Gasteiger charge is -2.47. The first kappa shape index (κ1) is 14.4. The Balaban J connectivity index is 1.42. The van der Waals surface area contributed by atoms with Crippen molar-refractivity contribution in [1.29, 1.82) is 0 Å². The number of amides is 1. The van der Waals surface area contributed by atoms with E-state index in [0.29, 0.717) is 12.6 Å². The van der Waals surface area contributed by atoms with Crippen molar-refractivity contribution in [1.82, 2.24) is 15.1 Å². The first-order valence-corrected chi connectivity index (χ1v) is 7.64. The van der Waals surface area contributed by atoms with Crippen molar-refractivity contribution in [3.63, 3.8) is 0 Å². The molecule has 1 aromatic rings. The van der Waals surface area contributed by atoms with Gasteiger partial charge in [0.2, 0.25) is 0 Å². The van der Waals surface area contributed by atoms with Crippen LogP contribution < -0.4 is 10.1 Å². The highest BCUT2D eigenvalue weighted by Crippen LogP contribution is 2.16. The summed E-state index contributed by atoms with van der Waals surface area (Å²) in [4.78, 5) is 16.9. The van der Waals surface area contributed by atoms with Crippen molar-refractivity contribution in [2.75, 3.05) is 45.9 Å². The molecule has 1 amide bonds. The summed E-state index contributed by atoms with van der Waals surface area (Å²) in [7, 11) is 0. The van der Waals surface area contributed by atoms with Gasteiger partial charge in [0.25, 0.3) is 5.91 Å². The highest BCUT2D eigenvalue weighted by Gasteiger charge is 2.31. The Kier molecular flexibility index (Phi) is 4.41. The van der Waals surface area contributed by atoms with E-state index in [1.54, 1.807) is 0 Å². The third kappa shape index (κ3) is 3.54. The summed E-state index contributed by atoms with van der Waals surface area (Å²) in [6, 6.07) is 8.20. The van der Waals surface area contributed by atoms with Gasteiger partial charge in [-0.15, -0.1) is 0 Å². The van der Waals surface area contributed by atoms with Crippen molar-refractivity contribution in [3.8, 4) is 5.75 Å². The number of rotatable bonds is 5. The third-order valence-electron chi connectivity index (χ3n) is 4.38. The maximum absolute atomic E-state index is 11.9. The number of ether oxygens (including phenoxy) is 1. The minimum atomic E-state index is -0.0455. The summed E-state index contributed by atoms with van der Waals surface area (Å²) in [6.07, 6.45) is 0. The summed E-state index contributed by atoms with van der Waals surface area (Å²) in [5.41, 5.74) is 1.05. The van der Waals surface area contributed by atoms with E-state index in [1.807, 2.05) is 31.2 Å². The molecule has 0 aromatic heterocycles. The molecule has 21 heavy (non-hydrogen) atoms. The number of hydrogen-bond acceptors (Lipinski definition) is 4. The Labute approximate surface area is 125 Å². The summed E-state index contributed by atoms with van der Waals surface area (Å²) in [5, 5.41) is 2.99. The Bertz CT molecular complexity index is 498. The van der Waals surface area contributed by atoms with Gasteiger partial charge in [-0.3, -0.25) is 14.6 Å². The summed E-state index contributed by atoms with van der Waals surface area (Å²) in [5.74, 6) is 0.732. The fourth-order valence-corrected chi connectivity index (χ4v) is 3.06. The van der Waals surface area contributed by atoms with Crippen LogP contribution in [0.15, 0.2) is 24.3 Å². The Hall–Kier alpha value is -1.59. The van der Waals surface area contributed by atoms with Gasteiger partial charge >= 0.3 is 0 Å². The number of piperazine rings is 3. The fraction of sp³-hybridized carbons (Fsp3) is 0.562. The Morgan fingerprint density at radius 2 is 2.05 bits per heavy atom. The third-order valence-corrected chi connectivity index (χ3v) is 4.38. The Morgan fingerprint density at radius 3 is 2.71 bits per heavy atom. The average Bonchev–Trinajstić information content (AvgIpc) is 2.53. The highest BCUT2D eigenvalue weighted by molar-refractivity contribution is 5.77. The molecule has 1 atom stereocenters. The molecule has 3 saturated heterocycles. The van der Waals surface area contributed by atoms with E-state index >= 15 is 0 Å². The zero-order valence-corrected chi connectivity index (χ0v) is 12.5. The molecule has 0 radical (unpaired) electrons. The molecule has 4 rings (SSSR count). The van der Waals surface area contributed by atoms with Crippen LogP contribution in [0.2, 0.25) is 0 Å². The molecule has 1 aromatic carbocycles. The van der Waals surface area contributed by atoms with Crippen LogP contribution in [-0.2, 0) is 4.79 Å². The maximum atomic E-state index is 11.9. The van der Waals surface area contributed by atoms with E-state index in [0.717, 1.165) is 30.9 Å². The minimum Gasteiger partial charge on any atom is -0.484 e. The predicted octanol–water partition coefficient (Wildman–Crippen LogP) is 0.490. The molecule has 114 valence electrons. The lowest BCUT2D eigenvalue weighted by molar-refractivity contribution is -0.123. The van der Waals surface area contributed by atoms with Gasteiger partial charge in [-0.2, -0.15) is 0 Å². The van der Waals surface area contributed by atoms with Gasteiger partial charge in [0.15, 0.2) is 6.61 Å². The second-order valence-electron chi connectivity index (χ2n) is 5.85. The van der Waals surface area contributed by atoms with Crippen LogP contribution in [0.5, 0.6) is 5.75 Å². The normalized spacial score (nSPS) is 27.4. The number of carbonyl (C=O) groups excluding carboxylic acids is 1. The second kappa shape index (κ2) is 6.45. The number of nitrogens with zero attached hydrogens (tertiary/aromatic N) is 2. The number of nitrogens with one attached hydrogen (secondary N) is 1. The highest BCUT2D eigenvalue weighted by atomic mass is 16.5. The monoisotopic (exact) mass is 289 g/mol. The zero-order chi connectivity index (χ0) is 14.7. The molecule has 3 aliphatic heterocycles. The molecule has 0 saturated carbocycles. The smallest absolute Gasteiger partial charge is 0.257 e. The molecular weight excluding hydrogens is 266 g/mol. The Morgan fingerprint density at radius 1 is 1.29 bits per heavy atom. The molecule has 0 spiro atoms. The van der Waals surface area contributed by atoms with Crippen molar-refractivity contribution in [2.45, 2.75) is 13.0 Å². The van der Waals surface area contributed by atoms with Gasteiger partial charge in [0.1, 0.15) is 5.75 Å². The average molecular weight is 289 g/mol. The standard InChI is InChI=1S/C16H23N3O2/c1-13-4-2-3-5-15(13)21-12-16(20)17-10-14-11-18-6-8-19(14)9-7-18/h2-5,14H,6-12H2,1H3,(H,17,20). The predicted molar refractivity (Wildman–Crippen MR) is 81.5 cm³/mol. The number of benzene rings is 1. The van der Waals surface area contributed by atoms with Crippen molar-refractivity contribution >= 4 is 5.91 Å². The lowest BCUT2D eigenvalue weighted by Crippen LogP contribution is -2.63. The molecule has 0 aliphatic carbocycles. The van der Waals surface area contributed by atoms with E-state index in [4.69, 9.17) is 4.74 Å². The number of para-hydroxylation sites is 1. The van der Waals surface area contributed by atoms with Crippen LogP contribution >= 0.6 is 0 Å². The number of carbonyl (C=O) groups is 1. The largest absolute Gasteiger partial charge is 0.484 e. The van der Waals surface area contributed by atoms with E-state index in [2.05, 4.69) is 15.1 Å². The number of hydrogen-bond donors (Lipinski definition) is 1. The molecule has 1 N–H and O–H groups in total. The van der Waals surface area contributed by atoms with Crippen LogP contribution in [0.25, 0.3) is 0 Å². The van der Waals surface area contributed by atoms with Crippen molar-refractivity contribution in [2.24, 2.45) is 0 Å². The van der Waals surface area contributed by atoms with Gasteiger partial charge in [-0.25, -0.2) is 0 Å². The van der Waals surface area contributed by atoms with Gasteiger partial charge in [-0.05, 0) is 18.6 Å². The number of aryl methyl sites for hydroxylation is 1. The van der Waals surface area contributed by atoms with E-state index in [-0.39, 0.29) is 12.5 Å². The van der Waals surface area contributed by atoms with Crippen LogP contribution in [0.3, 0.4) is 0 Å². The van der Waals surface area contributed by atoms with E-state index in [1.165, 1.54) is 13.1 Å². The molecule has 3 heterocycles. The molecular formula is C16H23N3O2. The first-order valence-electron chi connectivity index (χ1n) is 7.64. The quantitative estimate of drug-likeness (QED) is 0.857. The summed E-state index contributed by atoms with van der Waals surface area (Å²) >= 11 is 0. The van der Waals surface area contributed by atoms with Crippen LogP contribution in [0.1, 0.15) is 5.56 Å². The summed E-state index contributed by atoms with van der Waals surface area (Å²) in [6.45, 7) is 8.43.